The smallest absolute Gasteiger partial charge is 0.433 e. The highest BCUT2D eigenvalue weighted by Gasteiger charge is 2.34. The van der Waals surface area contributed by atoms with E-state index in [1.54, 1.807) is 90.3 Å². The minimum atomic E-state index is -4.38. The number of nitrogens with zero attached hydrogens (tertiary/aromatic N) is 13. The van der Waals surface area contributed by atoms with Gasteiger partial charge in [-0.1, -0.05) is 203 Å². The number of alkyl halides is 9. The number of aliphatic hydroxyl groups excluding tert-OH is 1. The molecule has 0 bridgehead atoms. The van der Waals surface area contributed by atoms with Crippen molar-refractivity contribution in [3.05, 3.63) is 297 Å². The maximum absolute atomic E-state index is 12.2. The highest BCUT2D eigenvalue weighted by Crippen LogP contribution is 2.31. The number of esters is 1. The second-order valence-corrected chi connectivity index (χ2v) is 32.7. The fourth-order valence-electron chi connectivity index (χ4n) is 9.25. The van der Waals surface area contributed by atoms with E-state index in [1.165, 1.54) is 18.3 Å². The van der Waals surface area contributed by atoms with Crippen molar-refractivity contribution in [1.82, 2.24) is 64.8 Å². The lowest BCUT2D eigenvalue weighted by atomic mass is 9.92. The molecular weight excluding hydrogens is 1630 g/mol. The number of aryl methyl sites for hydroxylation is 2. The fourth-order valence-corrected chi connectivity index (χ4v) is 9.36. The van der Waals surface area contributed by atoms with Crippen LogP contribution in [0.25, 0.3) is 0 Å². The first-order chi connectivity index (χ1) is 57.7. The Morgan fingerprint density at radius 2 is 0.840 bits per heavy atom. The minimum absolute atomic E-state index is 0. The Balaban J connectivity index is 0.00000136. The van der Waals surface area contributed by atoms with Crippen molar-refractivity contribution in [2.24, 2.45) is 0 Å². The summed E-state index contributed by atoms with van der Waals surface area (Å²) >= 11 is 5.70. The molecule has 0 saturated heterocycles. The summed E-state index contributed by atoms with van der Waals surface area (Å²) in [6.07, 6.45) is 2.81. The van der Waals surface area contributed by atoms with Gasteiger partial charge in [0.25, 0.3) is 0 Å². The van der Waals surface area contributed by atoms with Crippen molar-refractivity contribution in [3.63, 3.8) is 0 Å². The van der Waals surface area contributed by atoms with E-state index >= 15 is 0 Å². The standard InChI is InChI=1S/C11H15NO2.C10H15NO.C9H12ClN.2C9H10F3N.C9H13NO.C8H9F3N2.C8H12N2.C8H11N.C8H12O.C7H10N2.CH4/c1-4-14-11(13)9-5-6-10(8(2)3)12-7-9;1-7(2)10-5-4-9(6-11-10)8(3)12;1-9(2,3)8-5-4-7(10)6-11-8;1-6(2)7-3-4-8(13-5-7)9(10,11)12;1-6(2)7-4-3-5-8(13-7)9(10,11)12;1-7(2)9-5-4-8(11-3)6-10-9;1-5(2)7-12-4-3-6(13-7)8(9,10)11;1-6(2)8-9-5-4-7(3)10-8;1-7(2)8-5-3-4-6-9-8;1-6(2)8-5-4-7(3)9-8;1-6(2)7-8-4-3-5-9-7;/h5-8H,4H2,1-3H3;4-8,12H,1-3H3;4-6H,1-3H3;2*3-6H,1-2H3;4-7H,1-3H3;3-5H,1-2H3;4-6H,1-3H3;3-7H,1-2H3;4-6H,1-3H3;3-6H,1-2H3;1H4. The van der Waals surface area contributed by atoms with Crippen LogP contribution in [0.1, 0.15) is 353 Å². The fraction of sp³-hybridized carbons (Fsp3) is 0.464. The molecule has 0 aliphatic heterocycles. The number of methoxy groups -OCH3 is 1. The van der Waals surface area contributed by atoms with Crippen molar-refractivity contribution in [2.45, 2.75) is 284 Å². The maximum atomic E-state index is 12.2. The first-order valence-electron chi connectivity index (χ1n) is 41.1. The molecule has 0 spiro atoms. The third kappa shape index (κ3) is 47.9. The van der Waals surface area contributed by atoms with Gasteiger partial charge < -0.3 is 19.0 Å². The molecule has 1 N–H and O–H groups in total. The normalized spacial score (nSPS) is 11.2. The summed E-state index contributed by atoms with van der Waals surface area (Å²) in [6.45, 7) is 54.6. The van der Waals surface area contributed by atoms with Crippen LogP contribution in [0.4, 0.5) is 39.5 Å². The molecule has 0 fully saturated rings. The Morgan fingerprint density at radius 1 is 0.392 bits per heavy atom. The van der Waals surface area contributed by atoms with Gasteiger partial charge in [0.15, 0.2) is 0 Å². The van der Waals surface area contributed by atoms with Gasteiger partial charge in [0.1, 0.15) is 51.8 Å². The lowest BCUT2D eigenvalue weighted by molar-refractivity contribution is -0.142. The number of aromatic nitrogens is 13. The summed E-state index contributed by atoms with van der Waals surface area (Å²) in [4.78, 5) is 62.8. The van der Waals surface area contributed by atoms with Crippen molar-refractivity contribution in [2.75, 3.05) is 13.7 Å². The number of carbonyl (C=O) groups is 1. The maximum Gasteiger partial charge on any atom is 0.433 e. The van der Waals surface area contributed by atoms with Crippen molar-refractivity contribution < 1.29 is 63.3 Å². The SMILES string of the molecule is C.CC(C)(C)c1ccc(Cl)cn1.CC(C)c1ccc(C(C)O)cn1.CC(C)c1ccc(C(F)(F)F)nc1.CC(C)c1cccc(C(F)(F)F)n1.CC(C)c1ccccn1.CC(C)c1nccc(C(F)(F)F)n1.CC(C)c1ncccn1.CCOC(=O)c1ccc(C(C)C)nc1.COc1ccc(C(C)C)nc1.Cc1ccc(C(C)C)o1.Cc1ccnc(C(C)C)n1. The molecule has 0 amide bonds. The number of ether oxygens (including phenoxy) is 2. The van der Waals surface area contributed by atoms with Crippen LogP contribution >= 0.6 is 11.6 Å². The molecule has 686 valence electrons. The van der Waals surface area contributed by atoms with E-state index in [0.29, 0.717) is 64.3 Å². The van der Waals surface area contributed by atoms with Crippen LogP contribution in [-0.4, -0.2) is 89.6 Å². The highest BCUT2D eigenvalue weighted by atomic mass is 35.5. The van der Waals surface area contributed by atoms with E-state index in [9.17, 15) is 49.4 Å². The third-order valence-electron chi connectivity index (χ3n) is 16.8. The predicted octanol–water partition coefficient (Wildman–Crippen LogP) is 28.0. The molecule has 0 aliphatic carbocycles. The van der Waals surface area contributed by atoms with Gasteiger partial charge in [-0.05, 0) is 177 Å². The van der Waals surface area contributed by atoms with Crippen molar-refractivity contribution in [1.29, 1.82) is 0 Å². The van der Waals surface area contributed by atoms with E-state index < -0.39 is 41.7 Å². The quantitative estimate of drug-likeness (QED) is 0.0786. The number of halogens is 10. The Bertz CT molecular complexity index is 4530. The summed E-state index contributed by atoms with van der Waals surface area (Å²) in [5.74, 6) is 8.01. The van der Waals surface area contributed by atoms with Gasteiger partial charge in [-0.15, -0.1) is 0 Å². The predicted molar refractivity (Wildman–Crippen MR) is 483 cm³/mol. The Morgan fingerprint density at radius 3 is 1.18 bits per heavy atom. The Kier molecular flexibility index (Phi) is 53.0. The number of pyridine rings is 7. The molecule has 11 aromatic heterocycles. The summed E-state index contributed by atoms with van der Waals surface area (Å²) < 4.78 is 124. The van der Waals surface area contributed by atoms with E-state index in [0.717, 1.165) is 98.6 Å². The van der Waals surface area contributed by atoms with Crippen molar-refractivity contribution >= 4 is 17.6 Å². The monoisotopic (exact) mass is 1770 g/mol. The zero-order valence-electron chi connectivity index (χ0n) is 77.1. The van der Waals surface area contributed by atoms with Gasteiger partial charge in [0.2, 0.25) is 0 Å². The van der Waals surface area contributed by atoms with Gasteiger partial charge in [0, 0.05) is 125 Å². The molecule has 11 rings (SSSR count). The summed E-state index contributed by atoms with van der Waals surface area (Å²) in [7, 11) is 1.64. The van der Waals surface area contributed by atoms with E-state index in [1.807, 2.05) is 133 Å². The van der Waals surface area contributed by atoms with Crippen LogP contribution in [0, 0.1) is 13.8 Å². The lowest BCUT2D eigenvalue weighted by Gasteiger charge is -2.16. The van der Waals surface area contributed by atoms with Crippen LogP contribution in [0.15, 0.2) is 194 Å². The van der Waals surface area contributed by atoms with Gasteiger partial charge >= 0.3 is 24.5 Å². The first-order valence-corrected chi connectivity index (χ1v) is 41.5. The molecule has 18 nitrogen and oxygen atoms in total. The Hall–Kier alpha value is -10.5. The molecule has 0 radical (unpaired) electrons. The van der Waals surface area contributed by atoms with E-state index in [4.69, 9.17) is 25.5 Å². The summed E-state index contributed by atoms with van der Waals surface area (Å²) in [6, 6.07) is 36.3. The number of aliphatic hydroxyl groups is 1. The van der Waals surface area contributed by atoms with Crippen LogP contribution in [-0.2, 0) is 28.7 Å². The number of furan rings is 1. The average Bonchev–Trinajstić information content (AvgIpc) is 1.28. The summed E-state index contributed by atoms with van der Waals surface area (Å²) in [5, 5.41) is 9.91. The molecule has 11 heterocycles. The molecule has 28 heteroatoms. The van der Waals surface area contributed by atoms with Crippen LogP contribution in [0.2, 0.25) is 5.02 Å². The lowest BCUT2D eigenvalue weighted by Crippen LogP contribution is -2.12. The molecule has 0 aliphatic rings. The summed E-state index contributed by atoms with van der Waals surface area (Å²) in [5.41, 5.74) is 6.67. The molecule has 1 atom stereocenters. The van der Waals surface area contributed by atoms with Gasteiger partial charge in [-0.3, -0.25) is 29.9 Å². The van der Waals surface area contributed by atoms with Gasteiger partial charge in [-0.25, -0.2) is 39.7 Å². The third-order valence-corrected chi connectivity index (χ3v) is 17.0. The molecule has 0 saturated carbocycles. The van der Waals surface area contributed by atoms with Gasteiger partial charge in [0.05, 0.1) is 36.6 Å². The number of rotatable bonds is 14. The molecule has 0 aromatic carbocycles. The topological polar surface area (TPSA) is 236 Å². The van der Waals surface area contributed by atoms with Crippen molar-refractivity contribution in [3.8, 4) is 5.75 Å². The largest absolute Gasteiger partial charge is 0.495 e. The molecular formula is C97H133ClF9N13O5. The second kappa shape index (κ2) is 57.9. The zero-order valence-corrected chi connectivity index (χ0v) is 77.9. The van der Waals surface area contributed by atoms with Crippen LogP contribution < -0.4 is 4.74 Å². The molecule has 125 heavy (non-hydrogen) atoms. The molecule has 11 aromatic rings. The van der Waals surface area contributed by atoms with Crippen LogP contribution in [0.5, 0.6) is 5.75 Å². The molecule has 1 unspecified atom stereocenters. The second-order valence-electron chi connectivity index (χ2n) is 32.3. The Labute approximate surface area is 741 Å². The van der Waals surface area contributed by atoms with E-state index in [-0.39, 0.29) is 42.4 Å². The number of hydrogen-bond acceptors (Lipinski definition) is 18. The first kappa shape index (κ1) is 114. The highest BCUT2D eigenvalue weighted by molar-refractivity contribution is 6.30. The van der Waals surface area contributed by atoms with Gasteiger partial charge in [-0.2, -0.15) is 39.5 Å². The minimum Gasteiger partial charge on any atom is -0.495 e. The zero-order chi connectivity index (χ0) is 94.4. The average molecular weight is 1770 g/mol. The van der Waals surface area contributed by atoms with E-state index in [2.05, 4.69) is 182 Å². The number of hydrogen-bond donors (Lipinski definition) is 1. The number of carbonyl (C=O) groups excluding carboxylic acids is 1. The van der Waals surface area contributed by atoms with Crippen LogP contribution in [0.3, 0.4) is 0 Å².